The second-order valence-corrected chi connectivity index (χ2v) is 3.41. The zero-order valence-corrected chi connectivity index (χ0v) is 8.94. The lowest BCUT2D eigenvalue weighted by Gasteiger charge is -2.15. The lowest BCUT2D eigenvalue weighted by Crippen LogP contribution is -2.09. The fraction of sp³-hybridized carbons (Fsp3) is 0.364. The highest BCUT2D eigenvalue weighted by Crippen LogP contribution is 2.36. The van der Waals surface area contributed by atoms with Gasteiger partial charge in [-0.15, -0.1) is 0 Å². The van der Waals surface area contributed by atoms with Gasteiger partial charge < -0.3 is 14.9 Å². The lowest BCUT2D eigenvalue weighted by atomic mass is 9.97. The zero-order chi connectivity index (χ0) is 11.6. The van der Waals surface area contributed by atoms with E-state index in [-0.39, 0.29) is 5.75 Å². The van der Waals surface area contributed by atoms with Crippen molar-refractivity contribution in [3.8, 4) is 11.5 Å². The van der Waals surface area contributed by atoms with Gasteiger partial charge in [0.1, 0.15) is 11.5 Å². The van der Waals surface area contributed by atoms with Crippen molar-refractivity contribution in [2.45, 2.75) is 19.8 Å². The van der Waals surface area contributed by atoms with Gasteiger partial charge in [-0.25, -0.2) is 0 Å². The molecule has 0 aliphatic heterocycles. The molecule has 0 saturated heterocycles. The number of aryl methyl sites for hydroxylation is 1. The highest BCUT2D eigenvalue weighted by atomic mass is 16.5. The third kappa shape index (κ3) is 2.03. The Morgan fingerprint density at radius 1 is 1.47 bits per heavy atom. The first-order chi connectivity index (χ1) is 6.99. The summed E-state index contributed by atoms with van der Waals surface area (Å²) in [6.45, 7) is 3.23. The molecule has 1 unspecified atom stereocenters. The fourth-order valence-electron chi connectivity index (χ4n) is 1.42. The SMILES string of the molecule is COc1ccc(C)c(O)c1C(C)C(=O)O. The van der Waals surface area contributed by atoms with E-state index in [0.29, 0.717) is 16.9 Å². The maximum Gasteiger partial charge on any atom is 0.310 e. The van der Waals surface area contributed by atoms with Crippen LogP contribution in [-0.2, 0) is 4.79 Å². The van der Waals surface area contributed by atoms with Crippen LogP contribution in [0.15, 0.2) is 12.1 Å². The monoisotopic (exact) mass is 210 g/mol. The van der Waals surface area contributed by atoms with Gasteiger partial charge in [-0.05, 0) is 25.5 Å². The van der Waals surface area contributed by atoms with Crippen molar-refractivity contribution in [3.63, 3.8) is 0 Å². The minimum absolute atomic E-state index is 0.00995. The van der Waals surface area contributed by atoms with Crippen LogP contribution in [0.1, 0.15) is 24.0 Å². The molecule has 0 aliphatic carbocycles. The van der Waals surface area contributed by atoms with E-state index in [1.54, 1.807) is 19.1 Å². The van der Waals surface area contributed by atoms with E-state index in [0.717, 1.165) is 0 Å². The molecule has 0 aromatic heterocycles. The third-order valence-corrected chi connectivity index (χ3v) is 2.40. The normalized spacial score (nSPS) is 12.2. The standard InChI is InChI=1S/C11H14O4/c1-6-4-5-8(15-3)9(10(6)12)7(2)11(13)14/h4-5,7,12H,1-3H3,(H,13,14). The summed E-state index contributed by atoms with van der Waals surface area (Å²) in [6, 6.07) is 3.34. The molecule has 1 aromatic rings. The average Bonchev–Trinajstić information content (AvgIpc) is 2.20. The number of rotatable bonds is 3. The molecule has 0 fully saturated rings. The molecule has 4 nitrogen and oxygen atoms in total. The Kier molecular flexibility index (Phi) is 3.19. The van der Waals surface area contributed by atoms with Gasteiger partial charge in [0.2, 0.25) is 0 Å². The molecule has 0 amide bonds. The van der Waals surface area contributed by atoms with Crippen molar-refractivity contribution < 1.29 is 19.7 Å². The maximum absolute atomic E-state index is 10.9. The van der Waals surface area contributed by atoms with Gasteiger partial charge >= 0.3 is 5.97 Å². The number of hydrogen-bond acceptors (Lipinski definition) is 3. The fourth-order valence-corrected chi connectivity index (χ4v) is 1.42. The van der Waals surface area contributed by atoms with Crippen LogP contribution in [0.4, 0.5) is 0 Å². The first-order valence-corrected chi connectivity index (χ1v) is 4.58. The van der Waals surface area contributed by atoms with E-state index in [1.165, 1.54) is 14.0 Å². The quantitative estimate of drug-likeness (QED) is 0.799. The average molecular weight is 210 g/mol. The van der Waals surface area contributed by atoms with Gasteiger partial charge in [-0.1, -0.05) is 6.07 Å². The number of carbonyl (C=O) groups is 1. The molecule has 0 aliphatic rings. The van der Waals surface area contributed by atoms with Crippen LogP contribution in [0.5, 0.6) is 11.5 Å². The van der Waals surface area contributed by atoms with E-state index >= 15 is 0 Å². The van der Waals surface area contributed by atoms with E-state index in [1.807, 2.05) is 0 Å². The number of hydrogen-bond donors (Lipinski definition) is 2. The molecule has 15 heavy (non-hydrogen) atoms. The molecular formula is C11H14O4. The van der Waals surface area contributed by atoms with Gasteiger partial charge in [0.25, 0.3) is 0 Å². The Labute approximate surface area is 88.1 Å². The van der Waals surface area contributed by atoms with Crippen LogP contribution in [0.3, 0.4) is 0 Å². The van der Waals surface area contributed by atoms with Gasteiger partial charge in [-0.2, -0.15) is 0 Å². The molecule has 4 heteroatoms. The first kappa shape index (κ1) is 11.4. The number of carboxylic acid groups (broad SMARTS) is 1. The Morgan fingerprint density at radius 3 is 2.53 bits per heavy atom. The van der Waals surface area contributed by atoms with Crippen molar-refractivity contribution in [2.75, 3.05) is 7.11 Å². The number of benzene rings is 1. The topological polar surface area (TPSA) is 66.8 Å². The number of phenolic OH excluding ortho intramolecular Hbond substituents is 1. The van der Waals surface area contributed by atoms with Crippen molar-refractivity contribution in [1.82, 2.24) is 0 Å². The number of ether oxygens (including phenoxy) is 1. The summed E-state index contributed by atoms with van der Waals surface area (Å²) >= 11 is 0. The number of carboxylic acids is 1. The molecule has 0 saturated carbocycles. The second kappa shape index (κ2) is 4.21. The molecule has 2 N–H and O–H groups in total. The maximum atomic E-state index is 10.9. The molecule has 0 radical (unpaired) electrons. The number of phenols is 1. The van der Waals surface area contributed by atoms with Crippen molar-refractivity contribution in [3.05, 3.63) is 23.3 Å². The van der Waals surface area contributed by atoms with Crippen LogP contribution >= 0.6 is 0 Å². The molecule has 1 atom stereocenters. The van der Waals surface area contributed by atoms with Gasteiger partial charge in [0, 0.05) is 0 Å². The van der Waals surface area contributed by atoms with Gasteiger partial charge in [-0.3, -0.25) is 4.79 Å². The Morgan fingerprint density at radius 2 is 2.07 bits per heavy atom. The van der Waals surface area contributed by atoms with Crippen LogP contribution in [0.2, 0.25) is 0 Å². The lowest BCUT2D eigenvalue weighted by molar-refractivity contribution is -0.138. The van der Waals surface area contributed by atoms with Crippen LogP contribution in [0.25, 0.3) is 0 Å². The molecule has 0 bridgehead atoms. The number of methoxy groups -OCH3 is 1. The molecule has 0 heterocycles. The molecule has 0 spiro atoms. The van der Waals surface area contributed by atoms with Gasteiger partial charge in [0.15, 0.2) is 0 Å². The van der Waals surface area contributed by atoms with Crippen LogP contribution in [0, 0.1) is 6.92 Å². The predicted octanol–water partition coefficient (Wildman–Crippen LogP) is 1.90. The summed E-state index contributed by atoms with van der Waals surface area (Å²) in [6.07, 6.45) is 0. The molecule has 82 valence electrons. The van der Waals surface area contributed by atoms with Gasteiger partial charge in [0.05, 0.1) is 18.6 Å². The summed E-state index contributed by atoms with van der Waals surface area (Å²) in [5.74, 6) is -1.40. The highest BCUT2D eigenvalue weighted by Gasteiger charge is 2.23. The largest absolute Gasteiger partial charge is 0.507 e. The summed E-state index contributed by atoms with van der Waals surface area (Å²) in [5.41, 5.74) is 0.962. The Bertz CT molecular complexity index is 384. The smallest absolute Gasteiger partial charge is 0.310 e. The third-order valence-electron chi connectivity index (χ3n) is 2.40. The van der Waals surface area contributed by atoms with Crippen molar-refractivity contribution in [1.29, 1.82) is 0 Å². The molecule has 1 aromatic carbocycles. The Hall–Kier alpha value is -1.71. The van der Waals surface area contributed by atoms with Crippen molar-refractivity contribution >= 4 is 5.97 Å². The minimum Gasteiger partial charge on any atom is -0.507 e. The van der Waals surface area contributed by atoms with Crippen LogP contribution in [-0.4, -0.2) is 23.3 Å². The summed E-state index contributed by atoms with van der Waals surface area (Å²) in [7, 11) is 1.45. The minimum atomic E-state index is -0.991. The van der Waals surface area contributed by atoms with E-state index in [9.17, 15) is 9.90 Å². The van der Waals surface area contributed by atoms with Crippen molar-refractivity contribution in [2.24, 2.45) is 0 Å². The number of aliphatic carboxylic acids is 1. The van der Waals surface area contributed by atoms with E-state index in [4.69, 9.17) is 9.84 Å². The van der Waals surface area contributed by atoms with E-state index in [2.05, 4.69) is 0 Å². The van der Waals surface area contributed by atoms with Crippen LogP contribution < -0.4 is 4.74 Å². The number of aromatic hydroxyl groups is 1. The highest BCUT2D eigenvalue weighted by molar-refractivity contribution is 5.78. The predicted molar refractivity (Wildman–Crippen MR) is 55.4 cm³/mol. The summed E-state index contributed by atoms with van der Waals surface area (Å²) in [4.78, 5) is 10.9. The molecule has 1 rings (SSSR count). The molecular weight excluding hydrogens is 196 g/mol. The second-order valence-electron chi connectivity index (χ2n) is 3.41. The first-order valence-electron chi connectivity index (χ1n) is 4.58. The zero-order valence-electron chi connectivity index (χ0n) is 8.94. The van der Waals surface area contributed by atoms with E-state index < -0.39 is 11.9 Å². The summed E-state index contributed by atoms with van der Waals surface area (Å²) < 4.78 is 5.03. The Balaban J connectivity index is 3.35. The summed E-state index contributed by atoms with van der Waals surface area (Å²) in [5, 5.41) is 18.7.